The molecule has 8 rings (SSSR count). The maximum atomic E-state index is 6.23. The average molecular weight is 544 g/mol. The number of aromatic nitrogens is 5. The maximum Gasteiger partial charge on any atom is 0.159 e. The minimum absolute atomic E-state index is 0.745. The summed E-state index contributed by atoms with van der Waals surface area (Å²) in [6.45, 7) is 4.77. The van der Waals surface area contributed by atoms with Gasteiger partial charge in [0, 0.05) is 41.8 Å². The van der Waals surface area contributed by atoms with Crippen molar-refractivity contribution in [2.24, 2.45) is 0 Å². The molecule has 206 valence electrons. The van der Waals surface area contributed by atoms with Crippen molar-refractivity contribution >= 4 is 38.5 Å². The lowest BCUT2D eigenvalue weighted by Gasteiger charge is -2.41. The van der Waals surface area contributed by atoms with E-state index in [4.69, 9.17) is 9.72 Å². The number of rotatable bonds is 5. The molecule has 0 spiro atoms. The van der Waals surface area contributed by atoms with Crippen molar-refractivity contribution in [2.45, 2.75) is 38.1 Å². The molecule has 0 atom stereocenters. The zero-order valence-electron chi connectivity index (χ0n) is 23.0. The summed E-state index contributed by atoms with van der Waals surface area (Å²) in [6.07, 6.45) is 8.41. The van der Waals surface area contributed by atoms with Crippen LogP contribution in [0.25, 0.3) is 44.4 Å². The average Bonchev–Trinajstić information content (AvgIpc) is 3.65. The number of anilines is 1. The number of ether oxygens (including phenoxy) is 1. The highest BCUT2D eigenvalue weighted by Gasteiger charge is 2.26. The second-order valence-corrected chi connectivity index (χ2v) is 11.3. The number of likely N-dealkylation sites (tertiary alicyclic amines) is 1. The van der Waals surface area contributed by atoms with Gasteiger partial charge in [0.05, 0.1) is 22.1 Å². The van der Waals surface area contributed by atoms with E-state index < -0.39 is 0 Å². The van der Waals surface area contributed by atoms with E-state index in [1.165, 1.54) is 50.9 Å². The lowest BCUT2D eigenvalue weighted by atomic mass is 9.99. The maximum absolute atomic E-state index is 6.23. The summed E-state index contributed by atoms with van der Waals surface area (Å²) in [4.78, 5) is 18.1. The van der Waals surface area contributed by atoms with Gasteiger partial charge in [-0.15, -0.1) is 0 Å². The van der Waals surface area contributed by atoms with Crippen LogP contribution in [-0.4, -0.2) is 62.3 Å². The van der Waals surface area contributed by atoms with Crippen LogP contribution in [0.4, 0.5) is 5.69 Å². The van der Waals surface area contributed by atoms with Gasteiger partial charge in [0.1, 0.15) is 17.2 Å². The highest BCUT2D eigenvalue weighted by molar-refractivity contribution is 5.94. The van der Waals surface area contributed by atoms with Crippen molar-refractivity contribution < 1.29 is 4.74 Å². The Bertz CT molecular complexity index is 1840. The molecule has 8 nitrogen and oxygen atoms in total. The number of imidazole rings is 1. The van der Waals surface area contributed by atoms with Crippen molar-refractivity contribution in [1.29, 1.82) is 0 Å². The largest absolute Gasteiger partial charge is 0.457 e. The molecule has 0 saturated carbocycles. The van der Waals surface area contributed by atoms with Crippen LogP contribution in [0.2, 0.25) is 0 Å². The molecular formula is C33H33N7O. The molecule has 5 heterocycles. The number of piperidine rings is 2. The molecule has 0 bridgehead atoms. The number of benzene rings is 3. The molecule has 0 amide bonds. The van der Waals surface area contributed by atoms with Crippen LogP contribution in [0.3, 0.4) is 0 Å². The van der Waals surface area contributed by atoms with Crippen LogP contribution in [0.5, 0.6) is 11.5 Å². The van der Waals surface area contributed by atoms with Gasteiger partial charge < -0.3 is 19.5 Å². The standard InChI is InChI=1S/C33H33N7O/c1-2-15-39(16-3-1)23-12-17-40(18-13-23)24-6-9-30-31(20-24)36-33(35-30)32-27-21-26(8-11-29(27)37-38-32)41-25-7-10-28-22(19-25)5-4-14-34-28/h4-11,14,19-21,23H,1-3,12-13,15-18H2,(H,35,36)(H,37,38). The first kappa shape index (κ1) is 24.4. The number of nitrogens with one attached hydrogen (secondary N) is 2. The van der Waals surface area contributed by atoms with Gasteiger partial charge in [-0.05, 0) is 99.4 Å². The van der Waals surface area contributed by atoms with Gasteiger partial charge in [-0.2, -0.15) is 5.10 Å². The molecular weight excluding hydrogens is 510 g/mol. The zero-order valence-corrected chi connectivity index (χ0v) is 23.0. The Morgan fingerprint density at radius 2 is 1.61 bits per heavy atom. The van der Waals surface area contributed by atoms with E-state index >= 15 is 0 Å². The number of H-pyrrole nitrogens is 2. The second-order valence-electron chi connectivity index (χ2n) is 11.3. The summed E-state index contributed by atoms with van der Waals surface area (Å²) in [7, 11) is 0. The summed E-state index contributed by atoms with van der Waals surface area (Å²) >= 11 is 0. The fraction of sp³-hybridized carbons (Fsp3) is 0.303. The molecule has 0 unspecified atom stereocenters. The van der Waals surface area contributed by atoms with Crippen LogP contribution >= 0.6 is 0 Å². The molecule has 2 N–H and O–H groups in total. The van der Waals surface area contributed by atoms with Crippen molar-refractivity contribution in [3.05, 3.63) is 72.9 Å². The number of hydrogen-bond donors (Lipinski definition) is 2. The molecule has 0 radical (unpaired) electrons. The first-order valence-electron chi connectivity index (χ1n) is 14.8. The van der Waals surface area contributed by atoms with Crippen molar-refractivity contribution in [1.82, 2.24) is 30.0 Å². The fourth-order valence-electron chi connectivity index (χ4n) is 6.57. The van der Waals surface area contributed by atoms with E-state index in [0.717, 1.165) is 75.0 Å². The Kier molecular flexibility index (Phi) is 6.06. The molecule has 0 aliphatic carbocycles. The van der Waals surface area contributed by atoms with Gasteiger partial charge in [-0.3, -0.25) is 10.1 Å². The Morgan fingerprint density at radius 3 is 2.51 bits per heavy atom. The highest BCUT2D eigenvalue weighted by Crippen LogP contribution is 2.33. The molecule has 2 saturated heterocycles. The van der Waals surface area contributed by atoms with Crippen molar-refractivity contribution in [3.8, 4) is 23.0 Å². The van der Waals surface area contributed by atoms with Gasteiger partial charge in [-0.25, -0.2) is 4.98 Å². The minimum atomic E-state index is 0.745. The highest BCUT2D eigenvalue weighted by atomic mass is 16.5. The first-order valence-corrected chi connectivity index (χ1v) is 14.8. The number of pyridine rings is 1. The number of nitrogens with zero attached hydrogens (tertiary/aromatic N) is 5. The van der Waals surface area contributed by atoms with E-state index in [1.807, 2.05) is 48.5 Å². The zero-order chi connectivity index (χ0) is 27.2. The van der Waals surface area contributed by atoms with E-state index in [2.05, 4.69) is 48.2 Å². The Labute approximate surface area is 238 Å². The molecule has 41 heavy (non-hydrogen) atoms. The topological polar surface area (TPSA) is 86.0 Å². The van der Waals surface area contributed by atoms with E-state index in [0.29, 0.717) is 0 Å². The molecule has 2 fully saturated rings. The lowest BCUT2D eigenvalue weighted by molar-refractivity contribution is 0.141. The molecule has 6 aromatic rings. The Morgan fingerprint density at radius 1 is 0.780 bits per heavy atom. The quantitative estimate of drug-likeness (QED) is 0.246. The van der Waals surface area contributed by atoms with Gasteiger partial charge in [0.25, 0.3) is 0 Å². The van der Waals surface area contributed by atoms with Gasteiger partial charge >= 0.3 is 0 Å². The lowest BCUT2D eigenvalue weighted by Crippen LogP contribution is -2.46. The van der Waals surface area contributed by atoms with E-state index in [1.54, 1.807) is 6.20 Å². The SMILES string of the molecule is c1cnc2ccc(Oc3ccc4[nH]nc(-c5nc6ccc(N7CCC(N8CCCCC8)CC7)cc6[nH]5)c4c3)cc2c1. The monoisotopic (exact) mass is 543 g/mol. The van der Waals surface area contributed by atoms with E-state index in [-0.39, 0.29) is 0 Å². The number of aromatic amines is 2. The van der Waals surface area contributed by atoms with Gasteiger partial charge in [-0.1, -0.05) is 12.5 Å². The predicted molar refractivity (Wildman–Crippen MR) is 164 cm³/mol. The third kappa shape index (κ3) is 4.68. The minimum Gasteiger partial charge on any atom is -0.457 e. The number of hydrogen-bond acceptors (Lipinski definition) is 6. The van der Waals surface area contributed by atoms with Crippen LogP contribution in [-0.2, 0) is 0 Å². The normalized spacial score (nSPS) is 17.1. The van der Waals surface area contributed by atoms with Gasteiger partial charge in [0.2, 0.25) is 0 Å². The third-order valence-corrected chi connectivity index (χ3v) is 8.77. The summed E-state index contributed by atoms with van der Waals surface area (Å²) in [6, 6.07) is 23.2. The smallest absolute Gasteiger partial charge is 0.159 e. The van der Waals surface area contributed by atoms with Crippen molar-refractivity contribution in [3.63, 3.8) is 0 Å². The number of fused-ring (bicyclic) bond motifs is 3. The molecule has 3 aromatic carbocycles. The molecule has 3 aromatic heterocycles. The van der Waals surface area contributed by atoms with E-state index in [9.17, 15) is 0 Å². The van der Waals surface area contributed by atoms with Crippen molar-refractivity contribution in [2.75, 3.05) is 31.1 Å². The Hall–Kier alpha value is -4.43. The Balaban J connectivity index is 1.03. The fourth-order valence-corrected chi connectivity index (χ4v) is 6.57. The summed E-state index contributed by atoms with van der Waals surface area (Å²) < 4.78 is 6.23. The molecule has 8 heteroatoms. The van der Waals surface area contributed by atoms with Crippen LogP contribution in [0.1, 0.15) is 32.1 Å². The van der Waals surface area contributed by atoms with Crippen LogP contribution in [0, 0.1) is 0 Å². The summed E-state index contributed by atoms with van der Waals surface area (Å²) in [5.74, 6) is 2.27. The van der Waals surface area contributed by atoms with Crippen LogP contribution < -0.4 is 9.64 Å². The predicted octanol–water partition coefficient (Wildman–Crippen LogP) is 6.90. The second kappa shape index (κ2) is 10.2. The van der Waals surface area contributed by atoms with Gasteiger partial charge in [0.15, 0.2) is 5.82 Å². The molecule has 2 aliphatic heterocycles. The summed E-state index contributed by atoms with van der Waals surface area (Å²) in [5.41, 5.74) is 5.91. The first-order chi connectivity index (χ1) is 20.3. The third-order valence-electron chi connectivity index (χ3n) is 8.77. The van der Waals surface area contributed by atoms with Crippen LogP contribution in [0.15, 0.2) is 72.9 Å². The molecule has 2 aliphatic rings. The summed E-state index contributed by atoms with van der Waals surface area (Å²) in [5, 5.41) is 9.78.